The predicted molar refractivity (Wildman–Crippen MR) is 50.4 cm³/mol. The zero-order valence-corrected chi connectivity index (χ0v) is 7.16. The van der Waals surface area contributed by atoms with Gasteiger partial charge in [0.1, 0.15) is 0 Å². The van der Waals surface area contributed by atoms with Gasteiger partial charge >= 0.3 is 0 Å². The monoisotopic (exact) mass is 148 g/mol. The Morgan fingerprint density at radius 1 is 1.27 bits per heavy atom. The molecule has 0 nitrogen and oxygen atoms in total. The summed E-state index contributed by atoms with van der Waals surface area (Å²) >= 11 is 0. The first kappa shape index (κ1) is 8.32. The topological polar surface area (TPSA) is 0 Å². The lowest BCUT2D eigenvalue weighted by molar-refractivity contribution is 0.811. The van der Waals surface area contributed by atoms with Gasteiger partial charge in [0.15, 0.2) is 0 Å². The standard InChI is InChI=1S/C11H16/c1-2-3-4-5-8-11-9-6-7-10-11/h5-11H,2-4H2,1H3/b8-5+. The maximum absolute atomic E-state index is 2.29. The molecule has 0 aromatic rings. The van der Waals surface area contributed by atoms with Gasteiger partial charge in [-0.1, -0.05) is 56.2 Å². The van der Waals surface area contributed by atoms with E-state index >= 15 is 0 Å². The first-order valence-corrected chi connectivity index (χ1v) is 4.45. The molecule has 0 N–H and O–H groups in total. The molecule has 0 unspecified atom stereocenters. The van der Waals surface area contributed by atoms with Crippen LogP contribution in [0.2, 0.25) is 0 Å². The zero-order valence-electron chi connectivity index (χ0n) is 7.16. The predicted octanol–water partition coefficient (Wildman–Crippen LogP) is 3.48. The van der Waals surface area contributed by atoms with E-state index < -0.39 is 0 Å². The highest BCUT2D eigenvalue weighted by molar-refractivity contribution is 5.22. The number of hydrogen-bond acceptors (Lipinski definition) is 0. The maximum atomic E-state index is 2.29. The van der Waals surface area contributed by atoms with Crippen LogP contribution in [0.15, 0.2) is 36.5 Å². The van der Waals surface area contributed by atoms with Crippen LogP contribution in [0.5, 0.6) is 0 Å². The molecule has 0 heterocycles. The first-order chi connectivity index (χ1) is 5.43. The molecule has 1 aliphatic rings. The van der Waals surface area contributed by atoms with Crippen LogP contribution < -0.4 is 0 Å². The summed E-state index contributed by atoms with van der Waals surface area (Å²) in [4.78, 5) is 0. The van der Waals surface area contributed by atoms with E-state index in [1.165, 1.54) is 19.3 Å². The molecule has 0 fully saturated rings. The van der Waals surface area contributed by atoms with Crippen molar-refractivity contribution in [1.29, 1.82) is 0 Å². The summed E-state index contributed by atoms with van der Waals surface area (Å²) in [6.45, 7) is 2.23. The third kappa shape index (κ3) is 3.22. The molecule has 1 aliphatic carbocycles. The summed E-state index contributed by atoms with van der Waals surface area (Å²) in [6, 6.07) is 0. The Morgan fingerprint density at radius 2 is 2.00 bits per heavy atom. The smallest absolute Gasteiger partial charge is 0.0133 e. The van der Waals surface area contributed by atoms with Crippen molar-refractivity contribution in [3.63, 3.8) is 0 Å². The third-order valence-electron chi connectivity index (χ3n) is 1.86. The minimum atomic E-state index is 0.576. The number of hydrogen-bond donors (Lipinski definition) is 0. The van der Waals surface area contributed by atoms with Crippen LogP contribution in [0.25, 0.3) is 0 Å². The minimum absolute atomic E-state index is 0.576. The summed E-state index contributed by atoms with van der Waals surface area (Å²) in [6.07, 6.45) is 17.0. The molecule has 0 aliphatic heterocycles. The van der Waals surface area contributed by atoms with Crippen molar-refractivity contribution in [3.8, 4) is 0 Å². The van der Waals surface area contributed by atoms with Gasteiger partial charge in [-0.15, -0.1) is 0 Å². The van der Waals surface area contributed by atoms with Crippen LogP contribution in [0.4, 0.5) is 0 Å². The van der Waals surface area contributed by atoms with Gasteiger partial charge in [-0.05, 0) is 6.42 Å². The fraction of sp³-hybridized carbons (Fsp3) is 0.455. The molecule has 0 aromatic carbocycles. The van der Waals surface area contributed by atoms with Crippen molar-refractivity contribution < 1.29 is 0 Å². The van der Waals surface area contributed by atoms with Gasteiger partial charge in [0.2, 0.25) is 0 Å². The van der Waals surface area contributed by atoms with E-state index in [0.717, 1.165) is 0 Å². The van der Waals surface area contributed by atoms with Crippen LogP contribution in [-0.4, -0.2) is 0 Å². The van der Waals surface area contributed by atoms with Crippen molar-refractivity contribution >= 4 is 0 Å². The van der Waals surface area contributed by atoms with E-state index in [1.54, 1.807) is 0 Å². The largest absolute Gasteiger partial charge is 0.0876 e. The molecule has 1 rings (SSSR count). The van der Waals surface area contributed by atoms with Crippen LogP contribution in [0.3, 0.4) is 0 Å². The molecule has 0 bridgehead atoms. The zero-order chi connectivity index (χ0) is 7.94. The molecule has 0 saturated heterocycles. The number of allylic oxidation sites excluding steroid dienone is 6. The third-order valence-corrected chi connectivity index (χ3v) is 1.86. The number of rotatable bonds is 4. The second-order valence-corrected chi connectivity index (χ2v) is 2.92. The lowest BCUT2D eigenvalue weighted by atomic mass is 10.1. The normalized spacial score (nSPS) is 17.2. The molecule has 0 aromatic heterocycles. The molecule has 60 valence electrons. The van der Waals surface area contributed by atoms with Crippen molar-refractivity contribution in [1.82, 2.24) is 0 Å². The van der Waals surface area contributed by atoms with Gasteiger partial charge in [0.25, 0.3) is 0 Å². The molecule has 0 atom stereocenters. The highest BCUT2D eigenvalue weighted by atomic mass is 14.0. The molecule has 0 amide bonds. The van der Waals surface area contributed by atoms with E-state index in [-0.39, 0.29) is 0 Å². The Kier molecular flexibility index (Phi) is 3.74. The van der Waals surface area contributed by atoms with E-state index in [2.05, 4.69) is 43.4 Å². The van der Waals surface area contributed by atoms with Crippen LogP contribution in [0, 0.1) is 5.92 Å². The lowest BCUT2D eigenvalue weighted by Crippen LogP contribution is -1.80. The lowest BCUT2D eigenvalue weighted by Gasteiger charge is -1.94. The van der Waals surface area contributed by atoms with Gasteiger partial charge in [-0.25, -0.2) is 0 Å². The highest BCUT2D eigenvalue weighted by Crippen LogP contribution is 2.10. The Hall–Kier alpha value is -0.780. The summed E-state index contributed by atoms with van der Waals surface area (Å²) in [5.41, 5.74) is 0. The quantitative estimate of drug-likeness (QED) is 0.423. The molecule has 11 heavy (non-hydrogen) atoms. The Balaban J connectivity index is 2.14. The maximum Gasteiger partial charge on any atom is 0.0133 e. The molecule has 0 radical (unpaired) electrons. The Bertz CT molecular complexity index is 160. The van der Waals surface area contributed by atoms with Crippen molar-refractivity contribution in [2.45, 2.75) is 26.2 Å². The molecule has 0 saturated carbocycles. The minimum Gasteiger partial charge on any atom is -0.0876 e. The van der Waals surface area contributed by atoms with E-state index in [1.807, 2.05) is 0 Å². The summed E-state index contributed by atoms with van der Waals surface area (Å²) in [5, 5.41) is 0. The van der Waals surface area contributed by atoms with Crippen molar-refractivity contribution in [2.75, 3.05) is 0 Å². The van der Waals surface area contributed by atoms with Gasteiger partial charge in [-0.2, -0.15) is 0 Å². The molecular weight excluding hydrogens is 132 g/mol. The molecular formula is C11H16. The fourth-order valence-electron chi connectivity index (χ4n) is 1.15. The van der Waals surface area contributed by atoms with Gasteiger partial charge in [0, 0.05) is 5.92 Å². The second-order valence-electron chi connectivity index (χ2n) is 2.92. The Morgan fingerprint density at radius 3 is 2.64 bits per heavy atom. The number of unbranched alkanes of at least 4 members (excludes halogenated alkanes) is 2. The SMILES string of the molecule is CCCC/C=C/C1C=CC=C1. The van der Waals surface area contributed by atoms with Gasteiger partial charge < -0.3 is 0 Å². The second kappa shape index (κ2) is 4.95. The average molecular weight is 148 g/mol. The Labute approximate surface area is 69.3 Å². The van der Waals surface area contributed by atoms with E-state index in [4.69, 9.17) is 0 Å². The molecule has 0 spiro atoms. The molecule has 0 heteroatoms. The van der Waals surface area contributed by atoms with Crippen LogP contribution in [-0.2, 0) is 0 Å². The van der Waals surface area contributed by atoms with Gasteiger partial charge in [0.05, 0.1) is 0 Å². The van der Waals surface area contributed by atoms with Gasteiger partial charge in [-0.3, -0.25) is 0 Å². The highest BCUT2D eigenvalue weighted by Gasteiger charge is 1.95. The van der Waals surface area contributed by atoms with Crippen molar-refractivity contribution in [2.24, 2.45) is 5.92 Å². The average Bonchev–Trinajstić information content (AvgIpc) is 2.50. The first-order valence-electron chi connectivity index (χ1n) is 4.45. The summed E-state index contributed by atoms with van der Waals surface area (Å²) < 4.78 is 0. The van der Waals surface area contributed by atoms with Crippen molar-refractivity contribution in [3.05, 3.63) is 36.5 Å². The van der Waals surface area contributed by atoms with Crippen LogP contribution >= 0.6 is 0 Å². The fourth-order valence-corrected chi connectivity index (χ4v) is 1.15. The van der Waals surface area contributed by atoms with E-state index in [9.17, 15) is 0 Å². The van der Waals surface area contributed by atoms with E-state index in [0.29, 0.717) is 5.92 Å². The summed E-state index contributed by atoms with van der Waals surface area (Å²) in [5.74, 6) is 0.576. The van der Waals surface area contributed by atoms with Crippen LogP contribution in [0.1, 0.15) is 26.2 Å². The summed E-state index contributed by atoms with van der Waals surface area (Å²) in [7, 11) is 0.